The summed E-state index contributed by atoms with van der Waals surface area (Å²) in [4.78, 5) is 11.9. The van der Waals surface area contributed by atoms with Crippen LogP contribution in [0.1, 0.15) is 25.2 Å². The average molecular weight is 366 g/mol. The molecule has 0 saturated heterocycles. The average Bonchev–Trinajstić information content (AvgIpc) is 3.11. The summed E-state index contributed by atoms with van der Waals surface area (Å²) in [6.07, 6.45) is 2.94. The van der Waals surface area contributed by atoms with Crippen molar-refractivity contribution in [1.82, 2.24) is 9.97 Å². The van der Waals surface area contributed by atoms with Gasteiger partial charge in [0.25, 0.3) is 0 Å². The second-order valence-corrected chi connectivity index (χ2v) is 6.77. The topological polar surface area (TPSA) is 38.2 Å². The van der Waals surface area contributed by atoms with Gasteiger partial charge in [-0.3, -0.25) is 0 Å². The Bertz CT molecular complexity index is 1030. The maximum atomic E-state index is 6.40. The van der Waals surface area contributed by atoms with E-state index in [1.54, 1.807) is 7.11 Å². The number of hydrogen-bond donors (Lipinski definition) is 0. The maximum absolute atomic E-state index is 6.40. The number of halogens is 1. The molecule has 0 bridgehead atoms. The summed E-state index contributed by atoms with van der Waals surface area (Å²) in [5.41, 5.74) is 4.24. The third kappa shape index (κ3) is 2.71. The van der Waals surface area contributed by atoms with Crippen LogP contribution >= 0.6 is 11.6 Å². The van der Waals surface area contributed by atoms with Crippen LogP contribution in [-0.4, -0.2) is 23.6 Å². The highest BCUT2D eigenvalue weighted by Gasteiger charge is 2.25. The van der Waals surface area contributed by atoms with E-state index in [0.717, 1.165) is 57.5 Å². The van der Waals surface area contributed by atoms with Crippen molar-refractivity contribution in [2.45, 2.75) is 20.3 Å². The number of ether oxygens (including phenoxy) is 1. The summed E-state index contributed by atoms with van der Waals surface area (Å²) in [5.74, 6) is 2.44. The third-order valence-corrected chi connectivity index (χ3v) is 5.25. The Morgan fingerprint density at radius 1 is 1.23 bits per heavy atom. The zero-order valence-corrected chi connectivity index (χ0v) is 15.8. The number of aromatic nitrogens is 2. The standard InChI is InChI=1S/C21H20ClN3O/c1-4-13(2)20-23-18-9-8-14(26-3)12-16(18)21(24-20)25-11-10-15-17(22)6-5-7-19(15)25/h4-9,12H,10-11H2,1-3H3/b13-4+. The zero-order chi connectivity index (χ0) is 18.3. The second-order valence-electron chi connectivity index (χ2n) is 6.36. The van der Waals surface area contributed by atoms with Gasteiger partial charge in [-0.1, -0.05) is 23.7 Å². The number of allylic oxidation sites excluding steroid dienone is 2. The zero-order valence-electron chi connectivity index (χ0n) is 15.1. The van der Waals surface area contributed by atoms with Crippen LogP contribution in [0.15, 0.2) is 42.5 Å². The Balaban J connectivity index is 1.98. The fourth-order valence-electron chi connectivity index (χ4n) is 3.34. The monoisotopic (exact) mass is 365 g/mol. The molecule has 0 unspecified atom stereocenters. The van der Waals surface area contributed by atoms with Crippen LogP contribution in [0.3, 0.4) is 0 Å². The summed E-state index contributed by atoms with van der Waals surface area (Å²) < 4.78 is 5.42. The van der Waals surface area contributed by atoms with Gasteiger partial charge in [-0.15, -0.1) is 0 Å². The van der Waals surface area contributed by atoms with E-state index < -0.39 is 0 Å². The van der Waals surface area contributed by atoms with Gasteiger partial charge in [-0.2, -0.15) is 0 Å². The van der Waals surface area contributed by atoms with Crippen molar-refractivity contribution in [3.63, 3.8) is 0 Å². The summed E-state index contributed by atoms with van der Waals surface area (Å²) >= 11 is 6.40. The van der Waals surface area contributed by atoms with Crippen molar-refractivity contribution in [2.75, 3.05) is 18.6 Å². The van der Waals surface area contributed by atoms with Gasteiger partial charge in [0.15, 0.2) is 5.82 Å². The highest BCUT2D eigenvalue weighted by atomic mass is 35.5. The molecule has 0 aliphatic carbocycles. The Morgan fingerprint density at radius 2 is 2.08 bits per heavy atom. The number of benzene rings is 2. The van der Waals surface area contributed by atoms with E-state index in [-0.39, 0.29) is 0 Å². The van der Waals surface area contributed by atoms with Gasteiger partial charge in [0.1, 0.15) is 11.6 Å². The van der Waals surface area contributed by atoms with E-state index >= 15 is 0 Å². The Labute approximate surface area is 158 Å². The van der Waals surface area contributed by atoms with Crippen LogP contribution in [0.2, 0.25) is 5.02 Å². The lowest BCUT2D eigenvalue weighted by Crippen LogP contribution is -2.16. The molecule has 1 aliphatic heterocycles. The molecule has 3 aromatic rings. The molecule has 1 aliphatic rings. The molecule has 0 N–H and O–H groups in total. The van der Waals surface area contributed by atoms with Gasteiger partial charge in [0.2, 0.25) is 0 Å². The molecule has 0 saturated carbocycles. The van der Waals surface area contributed by atoms with Crippen LogP contribution < -0.4 is 9.64 Å². The molecule has 0 fully saturated rings. The number of hydrogen-bond acceptors (Lipinski definition) is 4. The smallest absolute Gasteiger partial charge is 0.157 e. The molecule has 5 heteroatoms. The van der Waals surface area contributed by atoms with E-state index in [0.29, 0.717) is 0 Å². The number of fused-ring (bicyclic) bond motifs is 2. The maximum Gasteiger partial charge on any atom is 0.157 e. The molecular weight excluding hydrogens is 346 g/mol. The van der Waals surface area contributed by atoms with Crippen LogP contribution in [0, 0.1) is 0 Å². The van der Waals surface area contributed by atoms with Crippen LogP contribution in [0.4, 0.5) is 11.5 Å². The van der Waals surface area contributed by atoms with Crippen molar-refractivity contribution in [3.05, 3.63) is 58.9 Å². The van der Waals surface area contributed by atoms with Crippen molar-refractivity contribution in [3.8, 4) is 5.75 Å². The minimum absolute atomic E-state index is 0.746. The lowest BCUT2D eigenvalue weighted by atomic mass is 10.1. The Hall–Kier alpha value is -2.59. The third-order valence-electron chi connectivity index (χ3n) is 4.89. The van der Waals surface area contributed by atoms with Gasteiger partial charge in [0.05, 0.1) is 12.6 Å². The molecule has 132 valence electrons. The van der Waals surface area contributed by atoms with E-state index in [4.69, 9.17) is 26.3 Å². The molecule has 0 spiro atoms. The van der Waals surface area contributed by atoms with Crippen LogP contribution in [-0.2, 0) is 6.42 Å². The molecule has 0 amide bonds. The highest BCUT2D eigenvalue weighted by molar-refractivity contribution is 6.31. The molecule has 26 heavy (non-hydrogen) atoms. The van der Waals surface area contributed by atoms with E-state index in [9.17, 15) is 0 Å². The minimum Gasteiger partial charge on any atom is -0.497 e. The predicted molar refractivity (Wildman–Crippen MR) is 108 cm³/mol. The first-order valence-corrected chi connectivity index (χ1v) is 9.04. The van der Waals surface area contributed by atoms with E-state index in [1.807, 2.05) is 50.3 Å². The fraction of sp³-hybridized carbons (Fsp3) is 0.238. The summed E-state index contributed by atoms with van der Waals surface area (Å²) in [6, 6.07) is 12.0. The summed E-state index contributed by atoms with van der Waals surface area (Å²) in [6.45, 7) is 4.88. The molecule has 4 nitrogen and oxygen atoms in total. The first-order chi connectivity index (χ1) is 12.6. The van der Waals surface area contributed by atoms with Crippen molar-refractivity contribution in [1.29, 1.82) is 0 Å². The SMILES string of the molecule is C/C=C(\C)c1nc(N2CCc3c(Cl)cccc32)c2cc(OC)ccc2n1. The van der Waals surface area contributed by atoms with Gasteiger partial charge in [-0.25, -0.2) is 9.97 Å². The van der Waals surface area contributed by atoms with E-state index in [2.05, 4.69) is 11.0 Å². The molecule has 0 radical (unpaired) electrons. The quantitative estimate of drug-likeness (QED) is 0.622. The normalized spacial score (nSPS) is 14.0. The summed E-state index contributed by atoms with van der Waals surface area (Å²) in [7, 11) is 1.67. The van der Waals surface area contributed by atoms with Crippen molar-refractivity contribution >= 4 is 39.6 Å². The van der Waals surface area contributed by atoms with Gasteiger partial charge in [0, 0.05) is 22.6 Å². The first kappa shape index (κ1) is 16.9. The molecule has 0 atom stereocenters. The van der Waals surface area contributed by atoms with E-state index in [1.165, 1.54) is 5.56 Å². The minimum atomic E-state index is 0.746. The summed E-state index contributed by atoms with van der Waals surface area (Å²) in [5, 5.41) is 1.79. The number of anilines is 2. The van der Waals surface area contributed by atoms with Gasteiger partial charge in [-0.05, 0) is 61.7 Å². The van der Waals surface area contributed by atoms with Gasteiger partial charge < -0.3 is 9.64 Å². The predicted octanol–water partition coefficient (Wildman–Crippen LogP) is 5.41. The highest BCUT2D eigenvalue weighted by Crippen LogP contribution is 2.40. The second kappa shape index (κ2) is 6.61. The lowest BCUT2D eigenvalue weighted by molar-refractivity contribution is 0.415. The number of nitrogens with zero attached hydrogens (tertiary/aromatic N) is 3. The molecule has 4 rings (SSSR count). The largest absolute Gasteiger partial charge is 0.497 e. The molecule has 1 aromatic heterocycles. The van der Waals surface area contributed by atoms with Crippen LogP contribution in [0.5, 0.6) is 5.75 Å². The lowest BCUT2D eigenvalue weighted by Gasteiger charge is -2.21. The first-order valence-electron chi connectivity index (χ1n) is 8.66. The molecule has 2 heterocycles. The molecular formula is C21H20ClN3O. The molecule has 2 aromatic carbocycles. The van der Waals surface area contributed by atoms with Crippen molar-refractivity contribution in [2.24, 2.45) is 0 Å². The fourth-order valence-corrected chi connectivity index (χ4v) is 3.61. The Morgan fingerprint density at radius 3 is 2.85 bits per heavy atom. The number of rotatable bonds is 3. The van der Waals surface area contributed by atoms with Gasteiger partial charge >= 0.3 is 0 Å². The van der Waals surface area contributed by atoms with Crippen LogP contribution in [0.25, 0.3) is 16.5 Å². The Kier molecular flexibility index (Phi) is 4.29. The number of methoxy groups -OCH3 is 1. The van der Waals surface area contributed by atoms with Crippen molar-refractivity contribution < 1.29 is 4.74 Å².